The van der Waals surface area contributed by atoms with Gasteiger partial charge in [-0.2, -0.15) is 10.1 Å². The fourth-order valence-electron chi connectivity index (χ4n) is 4.39. The highest BCUT2D eigenvalue weighted by Gasteiger charge is 2.31. The van der Waals surface area contributed by atoms with Gasteiger partial charge in [0.1, 0.15) is 0 Å². The second kappa shape index (κ2) is 11.4. The van der Waals surface area contributed by atoms with Crippen molar-refractivity contribution in [3.05, 3.63) is 71.3 Å². The second-order valence-electron chi connectivity index (χ2n) is 9.06. The maximum Gasteiger partial charge on any atom is 0.286 e. The highest BCUT2D eigenvalue weighted by molar-refractivity contribution is 8.18. The lowest BCUT2D eigenvalue weighted by molar-refractivity contribution is -0.123. The van der Waals surface area contributed by atoms with Crippen molar-refractivity contribution in [1.82, 2.24) is 14.7 Å². The van der Waals surface area contributed by atoms with Gasteiger partial charge in [-0.25, -0.2) is 4.68 Å². The van der Waals surface area contributed by atoms with Gasteiger partial charge in [-0.05, 0) is 67.1 Å². The number of amidine groups is 1. The molecule has 2 amide bonds. The molecule has 3 aromatic rings. The standard InChI is InChI=1S/C28H29N5O2S2/c1-2-16-36-23-10-8-19(9-11-23)25-21(18-33(31-25)22-6-4-3-5-7-22)17-24-27(35)30-28(37-24)32-14-12-20(13-15-32)26(29)34/h3-11,17-18,20H,2,12-16H2,1H3,(H2,29,34)/b24-17-. The van der Waals surface area contributed by atoms with Crippen molar-refractivity contribution in [2.45, 2.75) is 31.1 Å². The third-order valence-electron chi connectivity index (χ3n) is 6.43. The zero-order valence-electron chi connectivity index (χ0n) is 20.7. The second-order valence-corrected chi connectivity index (χ2v) is 11.2. The van der Waals surface area contributed by atoms with Gasteiger partial charge < -0.3 is 10.6 Å². The number of amides is 2. The van der Waals surface area contributed by atoms with Crippen molar-refractivity contribution in [2.24, 2.45) is 16.6 Å². The molecular weight excluding hydrogens is 502 g/mol. The van der Waals surface area contributed by atoms with E-state index in [1.165, 1.54) is 16.7 Å². The molecule has 0 unspecified atom stereocenters. The largest absolute Gasteiger partial charge is 0.369 e. The SMILES string of the molecule is CCCSc1ccc(-c2nn(-c3ccccc3)cc2/C=C2\SC(N3CCC(C(N)=O)CC3)=NC2=O)cc1. The Labute approximate surface area is 225 Å². The topological polar surface area (TPSA) is 93.6 Å². The van der Waals surface area contributed by atoms with Gasteiger partial charge >= 0.3 is 0 Å². The number of aliphatic imine (C=N–C) groups is 1. The molecule has 2 N–H and O–H groups in total. The van der Waals surface area contributed by atoms with E-state index in [-0.39, 0.29) is 17.7 Å². The summed E-state index contributed by atoms with van der Waals surface area (Å²) in [6.45, 7) is 3.51. The number of hydrogen-bond acceptors (Lipinski definition) is 6. The fourth-order valence-corrected chi connectivity index (χ4v) is 6.11. The first-order valence-electron chi connectivity index (χ1n) is 12.5. The molecule has 2 aromatic carbocycles. The van der Waals surface area contributed by atoms with Crippen molar-refractivity contribution in [3.63, 3.8) is 0 Å². The number of nitrogens with two attached hydrogens (primary N) is 1. The molecule has 0 saturated carbocycles. The molecule has 1 fully saturated rings. The summed E-state index contributed by atoms with van der Waals surface area (Å²) in [5, 5.41) is 5.58. The molecule has 0 atom stereocenters. The van der Waals surface area contributed by atoms with Gasteiger partial charge in [0, 0.05) is 41.2 Å². The Hall–Kier alpha value is -3.30. The van der Waals surface area contributed by atoms with E-state index >= 15 is 0 Å². The van der Waals surface area contributed by atoms with Crippen LogP contribution in [0.5, 0.6) is 0 Å². The van der Waals surface area contributed by atoms with Gasteiger partial charge in [0.05, 0.1) is 16.3 Å². The summed E-state index contributed by atoms with van der Waals surface area (Å²) in [5.74, 6) is 0.479. The lowest BCUT2D eigenvalue weighted by Crippen LogP contribution is -2.40. The van der Waals surface area contributed by atoms with Crippen LogP contribution in [0.1, 0.15) is 31.7 Å². The maximum absolute atomic E-state index is 12.9. The molecular formula is C28H29N5O2S2. The van der Waals surface area contributed by atoms with Gasteiger partial charge in [0.15, 0.2) is 5.17 Å². The van der Waals surface area contributed by atoms with Crippen LogP contribution in [0.2, 0.25) is 0 Å². The van der Waals surface area contributed by atoms with Crippen molar-refractivity contribution in [3.8, 4) is 16.9 Å². The van der Waals surface area contributed by atoms with Crippen LogP contribution in [0.4, 0.5) is 0 Å². The van der Waals surface area contributed by atoms with Crippen LogP contribution in [0.3, 0.4) is 0 Å². The first-order valence-corrected chi connectivity index (χ1v) is 14.3. The number of carbonyl (C=O) groups excluding carboxylic acids is 2. The van der Waals surface area contributed by atoms with E-state index < -0.39 is 0 Å². The molecule has 2 aliphatic rings. The summed E-state index contributed by atoms with van der Waals surface area (Å²) in [4.78, 5) is 32.6. The van der Waals surface area contributed by atoms with E-state index in [1.807, 2.05) is 59.0 Å². The van der Waals surface area contributed by atoms with E-state index in [9.17, 15) is 9.59 Å². The minimum atomic E-state index is -0.253. The Morgan fingerprint density at radius 3 is 2.54 bits per heavy atom. The average Bonchev–Trinajstić information content (AvgIpc) is 3.52. The minimum absolute atomic E-state index is 0.105. The Bertz CT molecular complexity index is 1340. The monoisotopic (exact) mass is 531 g/mol. The summed E-state index contributed by atoms with van der Waals surface area (Å²) in [7, 11) is 0. The maximum atomic E-state index is 12.9. The minimum Gasteiger partial charge on any atom is -0.369 e. The number of hydrogen-bond donors (Lipinski definition) is 1. The average molecular weight is 532 g/mol. The van der Waals surface area contributed by atoms with Crippen molar-refractivity contribution >= 4 is 46.6 Å². The predicted molar refractivity (Wildman–Crippen MR) is 152 cm³/mol. The Balaban J connectivity index is 1.42. The third kappa shape index (κ3) is 5.83. The van der Waals surface area contributed by atoms with E-state index in [0.29, 0.717) is 36.0 Å². The molecule has 7 nitrogen and oxygen atoms in total. The van der Waals surface area contributed by atoms with E-state index in [4.69, 9.17) is 10.8 Å². The first-order chi connectivity index (χ1) is 18.0. The lowest BCUT2D eigenvalue weighted by Gasteiger charge is -2.31. The number of thioether (sulfide) groups is 2. The van der Waals surface area contributed by atoms with Crippen LogP contribution >= 0.6 is 23.5 Å². The van der Waals surface area contributed by atoms with Gasteiger partial charge in [0.25, 0.3) is 5.91 Å². The number of aromatic nitrogens is 2. The molecule has 2 aliphatic heterocycles. The number of benzene rings is 2. The Morgan fingerprint density at radius 2 is 1.86 bits per heavy atom. The van der Waals surface area contributed by atoms with Crippen LogP contribution < -0.4 is 5.73 Å². The third-order valence-corrected chi connectivity index (χ3v) is 8.69. The predicted octanol–water partition coefficient (Wildman–Crippen LogP) is 5.21. The number of piperidine rings is 1. The molecule has 1 aromatic heterocycles. The van der Waals surface area contributed by atoms with E-state index in [1.54, 1.807) is 0 Å². The summed E-state index contributed by atoms with van der Waals surface area (Å²) >= 11 is 3.22. The summed E-state index contributed by atoms with van der Waals surface area (Å²) < 4.78 is 1.85. The normalized spacial score (nSPS) is 17.4. The fraction of sp³-hybridized carbons (Fsp3) is 0.286. The highest BCUT2D eigenvalue weighted by atomic mass is 32.2. The number of carbonyl (C=O) groups is 2. The number of para-hydroxylation sites is 1. The Kier molecular flexibility index (Phi) is 7.81. The zero-order chi connectivity index (χ0) is 25.8. The molecule has 0 bridgehead atoms. The smallest absolute Gasteiger partial charge is 0.286 e. The van der Waals surface area contributed by atoms with Crippen molar-refractivity contribution in [2.75, 3.05) is 18.8 Å². The molecule has 37 heavy (non-hydrogen) atoms. The van der Waals surface area contributed by atoms with Crippen LogP contribution in [0, 0.1) is 5.92 Å². The molecule has 0 aliphatic carbocycles. The number of primary amides is 1. The van der Waals surface area contributed by atoms with Crippen LogP contribution in [-0.2, 0) is 9.59 Å². The molecule has 9 heteroatoms. The molecule has 3 heterocycles. The number of rotatable bonds is 7. The van der Waals surface area contributed by atoms with Crippen LogP contribution in [-0.4, -0.2) is 50.5 Å². The summed E-state index contributed by atoms with van der Waals surface area (Å²) in [6, 6.07) is 18.4. The van der Waals surface area contributed by atoms with Crippen molar-refractivity contribution < 1.29 is 9.59 Å². The molecule has 190 valence electrons. The van der Waals surface area contributed by atoms with Gasteiger partial charge in [-0.3, -0.25) is 9.59 Å². The molecule has 1 saturated heterocycles. The Morgan fingerprint density at radius 1 is 1.14 bits per heavy atom. The number of nitrogens with zero attached hydrogens (tertiary/aromatic N) is 4. The van der Waals surface area contributed by atoms with Crippen LogP contribution in [0.25, 0.3) is 23.0 Å². The van der Waals surface area contributed by atoms with Crippen LogP contribution in [0.15, 0.2) is 75.6 Å². The lowest BCUT2D eigenvalue weighted by atomic mass is 9.97. The van der Waals surface area contributed by atoms with Gasteiger partial charge in [-0.15, -0.1) is 11.8 Å². The summed E-state index contributed by atoms with van der Waals surface area (Å²) in [5.41, 5.74) is 9.08. The highest BCUT2D eigenvalue weighted by Crippen LogP contribution is 2.35. The van der Waals surface area contributed by atoms with Crippen molar-refractivity contribution in [1.29, 1.82) is 0 Å². The van der Waals surface area contributed by atoms with Gasteiger partial charge in [0.2, 0.25) is 5.91 Å². The first kappa shape index (κ1) is 25.4. The summed E-state index contributed by atoms with van der Waals surface area (Å²) in [6.07, 6.45) is 6.35. The number of likely N-dealkylation sites (tertiary alicyclic amines) is 1. The molecule has 0 spiro atoms. The van der Waals surface area contributed by atoms with Gasteiger partial charge in [-0.1, -0.05) is 37.3 Å². The molecule has 5 rings (SSSR count). The van der Waals surface area contributed by atoms with E-state index in [0.717, 1.165) is 34.7 Å². The zero-order valence-corrected chi connectivity index (χ0v) is 22.3. The van der Waals surface area contributed by atoms with E-state index in [2.05, 4.69) is 41.1 Å². The molecule has 0 radical (unpaired) electrons. The quantitative estimate of drug-likeness (QED) is 0.332.